The predicted molar refractivity (Wildman–Crippen MR) is 70.2 cm³/mol. The molecule has 0 bridgehead atoms. The summed E-state index contributed by atoms with van der Waals surface area (Å²) in [6.45, 7) is 0. The Labute approximate surface area is 117 Å². The summed E-state index contributed by atoms with van der Waals surface area (Å²) < 4.78 is 51.5. The van der Waals surface area contributed by atoms with Crippen LogP contribution in [-0.4, -0.2) is 5.91 Å². The standard InChI is InChI=1S/C14H10F4N2O/c15-10-6-1-2-7-11(10)20-13(21)8-4-3-5-9(12(8)19)14(16,17)18/h1-7H,19H2,(H,20,21). The molecule has 0 atom stereocenters. The molecule has 0 aromatic heterocycles. The summed E-state index contributed by atoms with van der Waals surface area (Å²) in [5.41, 5.74) is 3.08. The molecule has 0 aliphatic rings. The van der Waals surface area contributed by atoms with Gasteiger partial charge in [-0.1, -0.05) is 18.2 Å². The molecule has 21 heavy (non-hydrogen) atoms. The molecule has 0 radical (unpaired) electrons. The molecule has 2 rings (SSSR count). The van der Waals surface area contributed by atoms with Crippen molar-refractivity contribution >= 4 is 17.3 Å². The number of nitrogens with one attached hydrogen (secondary N) is 1. The maximum Gasteiger partial charge on any atom is 0.418 e. The summed E-state index contributed by atoms with van der Waals surface area (Å²) in [5, 5.41) is 2.18. The van der Waals surface area contributed by atoms with Gasteiger partial charge in [-0.15, -0.1) is 0 Å². The Bertz CT molecular complexity index is 683. The normalized spacial score (nSPS) is 11.2. The van der Waals surface area contributed by atoms with E-state index in [1.165, 1.54) is 18.2 Å². The summed E-state index contributed by atoms with van der Waals surface area (Å²) >= 11 is 0. The van der Waals surface area contributed by atoms with Crippen molar-refractivity contribution in [3.05, 3.63) is 59.4 Å². The van der Waals surface area contributed by atoms with Crippen LogP contribution in [0.1, 0.15) is 15.9 Å². The molecule has 3 nitrogen and oxygen atoms in total. The molecule has 0 saturated heterocycles. The van der Waals surface area contributed by atoms with E-state index in [1.54, 1.807) is 0 Å². The molecular formula is C14H10F4N2O. The van der Waals surface area contributed by atoms with Gasteiger partial charge in [0.1, 0.15) is 5.82 Å². The van der Waals surface area contributed by atoms with Gasteiger partial charge < -0.3 is 11.1 Å². The third kappa shape index (κ3) is 3.13. The zero-order chi connectivity index (χ0) is 15.6. The molecule has 0 heterocycles. The average Bonchev–Trinajstić information content (AvgIpc) is 2.40. The minimum atomic E-state index is -4.67. The number of benzene rings is 2. The van der Waals surface area contributed by atoms with Crippen LogP contribution in [0.2, 0.25) is 0 Å². The molecule has 2 aromatic carbocycles. The lowest BCUT2D eigenvalue weighted by Gasteiger charge is -2.13. The van der Waals surface area contributed by atoms with Gasteiger partial charge in [0.05, 0.1) is 22.5 Å². The fourth-order valence-corrected chi connectivity index (χ4v) is 1.76. The van der Waals surface area contributed by atoms with Crippen LogP contribution in [0.15, 0.2) is 42.5 Å². The number of hydrogen-bond donors (Lipinski definition) is 2. The molecule has 0 aliphatic carbocycles. The van der Waals surface area contributed by atoms with E-state index in [0.717, 1.165) is 24.3 Å². The van der Waals surface area contributed by atoms with Gasteiger partial charge in [0, 0.05) is 0 Å². The first-order valence-corrected chi connectivity index (χ1v) is 5.82. The number of rotatable bonds is 2. The topological polar surface area (TPSA) is 55.1 Å². The van der Waals surface area contributed by atoms with Crippen LogP contribution in [0.4, 0.5) is 28.9 Å². The molecule has 2 aromatic rings. The lowest BCUT2D eigenvalue weighted by Crippen LogP contribution is -2.18. The van der Waals surface area contributed by atoms with Gasteiger partial charge in [0.15, 0.2) is 0 Å². The number of nitrogen functional groups attached to an aromatic ring is 1. The molecule has 1 amide bonds. The van der Waals surface area contributed by atoms with Gasteiger partial charge in [0.25, 0.3) is 5.91 Å². The first-order valence-electron chi connectivity index (χ1n) is 5.82. The monoisotopic (exact) mass is 298 g/mol. The van der Waals surface area contributed by atoms with Crippen molar-refractivity contribution in [2.75, 3.05) is 11.1 Å². The Morgan fingerprint density at radius 2 is 1.71 bits per heavy atom. The van der Waals surface area contributed by atoms with Crippen LogP contribution in [0, 0.1) is 5.82 Å². The quantitative estimate of drug-likeness (QED) is 0.656. The Morgan fingerprint density at radius 3 is 2.33 bits per heavy atom. The highest BCUT2D eigenvalue weighted by Gasteiger charge is 2.34. The fraction of sp³-hybridized carbons (Fsp3) is 0.0714. The van der Waals surface area contributed by atoms with Crippen molar-refractivity contribution in [2.24, 2.45) is 0 Å². The van der Waals surface area contributed by atoms with Crippen molar-refractivity contribution < 1.29 is 22.4 Å². The third-order valence-electron chi connectivity index (χ3n) is 2.78. The van der Waals surface area contributed by atoms with E-state index >= 15 is 0 Å². The molecule has 0 unspecified atom stereocenters. The second-order valence-electron chi connectivity index (χ2n) is 4.20. The van der Waals surface area contributed by atoms with Crippen LogP contribution in [-0.2, 0) is 6.18 Å². The Balaban J connectivity index is 2.35. The summed E-state index contributed by atoms with van der Waals surface area (Å²) in [5.74, 6) is -1.61. The molecule has 110 valence electrons. The number of anilines is 2. The zero-order valence-electron chi connectivity index (χ0n) is 10.5. The predicted octanol–water partition coefficient (Wildman–Crippen LogP) is 3.68. The van der Waals surface area contributed by atoms with E-state index in [-0.39, 0.29) is 11.3 Å². The number of para-hydroxylation sites is 2. The Hall–Kier alpha value is -2.57. The first-order chi connectivity index (χ1) is 9.80. The maximum absolute atomic E-state index is 13.4. The zero-order valence-corrected chi connectivity index (χ0v) is 10.5. The SMILES string of the molecule is Nc1c(C(=O)Nc2ccccc2F)cccc1C(F)(F)F. The molecule has 3 N–H and O–H groups in total. The highest BCUT2D eigenvalue weighted by atomic mass is 19.4. The van der Waals surface area contributed by atoms with Crippen molar-refractivity contribution in [3.63, 3.8) is 0 Å². The number of nitrogens with two attached hydrogens (primary N) is 1. The number of amides is 1. The second kappa shape index (κ2) is 5.43. The molecule has 0 fully saturated rings. The van der Waals surface area contributed by atoms with E-state index in [4.69, 9.17) is 5.73 Å². The van der Waals surface area contributed by atoms with Gasteiger partial charge in [0.2, 0.25) is 0 Å². The number of carbonyl (C=O) groups is 1. The van der Waals surface area contributed by atoms with E-state index in [1.807, 2.05) is 0 Å². The first kappa shape index (κ1) is 14.8. The van der Waals surface area contributed by atoms with Crippen LogP contribution in [0.5, 0.6) is 0 Å². The molecule has 0 spiro atoms. The highest BCUT2D eigenvalue weighted by Crippen LogP contribution is 2.35. The number of hydrogen-bond acceptors (Lipinski definition) is 2. The van der Waals surface area contributed by atoms with Gasteiger partial charge in [-0.2, -0.15) is 13.2 Å². The molecule has 0 aliphatic heterocycles. The van der Waals surface area contributed by atoms with E-state index in [0.29, 0.717) is 0 Å². The van der Waals surface area contributed by atoms with Crippen LogP contribution >= 0.6 is 0 Å². The summed E-state index contributed by atoms with van der Waals surface area (Å²) in [6, 6.07) is 8.28. The van der Waals surface area contributed by atoms with Crippen molar-refractivity contribution in [1.29, 1.82) is 0 Å². The van der Waals surface area contributed by atoms with E-state index in [9.17, 15) is 22.4 Å². The molecule has 7 heteroatoms. The molecular weight excluding hydrogens is 288 g/mol. The number of alkyl halides is 3. The van der Waals surface area contributed by atoms with Crippen molar-refractivity contribution in [2.45, 2.75) is 6.18 Å². The fourth-order valence-electron chi connectivity index (χ4n) is 1.76. The largest absolute Gasteiger partial charge is 0.418 e. The van der Waals surface area contributed by atoms with Crippen LogP contribution < -0.4 is 11.1 Å². The third-order valence-corrected chi connectivity index (χ3v) is 2.78. The van der Waals surface area contributed by atoms with Crippen LogP contribution in [0.3, 0.4) is 0 Å². The Kier molecular flexibility index (Phi) is 3.84. The number of halogens is 4. The minimum absolute atomic E-state index is 0.140. The van der Waals surface area contributed by atoms with Gasteiger partial charge in [-0.05, 0) is 24.3 Å². The lowest BCUT2D eigenvalue weighted by atomic mass is 10.1. The average molecular weight is 298 g/mol. The smallest absolute Gasteiger partial charge is 0.398 e. The summed E-state index contributed by atoms with van der Waals surface area (Å²) in [4.78, 5) is 11.9. The number of carbonyl (C=O) groups excluding carboxylic acids is 1. The molecule has 0 saturated carbocycles. The lowest BCUT2D eigenvalue weighted by molar-refractivity contribution is -0.136. The highest BCUT2D eigenvalue weighted by molar-refractivity contribution is 6.08. The summed E-state index contributed by atoms with van der Waals surface area (Å²) in [7, 11) is 0. The Morgan fingerprint density at radius 1 is 1.05 bits per heavy atom. The van der Waals surface area contributed by atoms with Crippen molar-refractivity contribution in [1.82, 2.24) is 0 Å². The summed E-state index contributed by atoms with van der Waals surface area (Å²) in [6.07, 6.45) is -4.67. The minimum Gasteiger partial charge on any atom is -0.398 e. The van der Waals surface area contributed by atoms with E-state index in [2.05, 4.69) is 5.32 Å². The van der Waals surface area contributed by atoms with Crippen molar-refractivity contribution in [3.8, 4) is 0 Å². The maximum atomic E-state index is 13.4. The van der Waals surface area contributed by atoms with E-state index < -0.39 is 29.2 Å². The van der Waals surface area contributed by atoms with Gasteiger partial charge >= 0.3 is 6.18 Å². The van der Waals surface area contributed by atoms with Crippen LogP contribution in [0.25, 0.3) is 0 Å². The second-order valence-corrected chi connectivity index (χ2v) is 4.20. The van der Waals surface area contributed by atoms with Gasteiger partial charge in [-0.3, -0.25) is 4.79 Å². The van der Waals surface area contributed by atoms with Gasteiger partial charge in [-0.25, -0.2) is 4.39 Å².